The molecule has 1 fully saturated rings. The molecular formula is C13H19ClN2. The van der Waals surface area contributed by atoms with Crippen molar-refractivity contribution >= 4 is 11.6 Å². The van der Waals surface area contributed by atoms with Gasteiger partial charge in [-0.2, -0.15) is 0 Å². The molecule has 3 heteroatoms. The highest BCUT2D eigenvalue weighted by molar-refractivity contribution is 6.31. The summed E-state index contributed by atoms with van der Waals surface area (Å²) >= 11 is 6.30. The van der Waals surface area contributed by atoms with Crippen LogP contribution in [0.1, 0.15) is 24.0 Å². The summed E-state index contributed by atoms with van der Waals surface area (Å²) in [7, 11) is 4.10. The average molecular weight is 239 g/mol. The zero-order chi connectivity index (χ0) is 11.8. The van der Waals surface area contributed by atoms with Gasteiger partial charge in [-0.3, -0.25) is 0 Å². The molecule has 1 aliphatic rings. The van der Waals surface area contributed by atoms with Gasteiger partial charge in [0.25, 0.3) is 0 Å². The number of rotatable bonds is 4. The van der Waals surface area contributed by atoms with Crippen molar-refractivity contribution in [3.05, 3.63) is 34.3 Å². The molecule has 0 saturated heterocycles. The molecule has 1 aromatic carbocycles. The number of hydrogen-bond acceptors (Lipinski definition) is 2. The Morgan fingerprint density at radius 3 is 2.50 bits per heavy atom. The van der Waals surface area contributed by atoms with Gasteiger partial charge in [-0.15, -0.1) is 0 Å². The molecule has 0 radical (unpaired) electrons. The number of nitrogens with zero attached hydrogens (tertiary/aromatic N) is 1. The molecule has 1 aliphatic carbocycles. The maximum atomic E-state index is 6.30. The first-order valence-electron chi connectivity index (χ1n) is 5.71. The van der Waals surface area contributed by atoms with E-state index in [9.17, 15) is 0 Å². The van der Waals surface area contributed by atoms with Gasteiger partial charge in [0.15, 0.2) is 0 Å². The molecule has 1 aromatic rings. The standard InChI is InChI=1S/C13H19ClN2/c1-16(2)8-10-3-4-11(7-12(10)14)13(9-15)5-6-13/h3-4,7H,5-6,8-9,15H2,1-2H3. The predicted octanol–water partition coefficient (Wildman–Crippen LogP) is 2.39. The van der Waals surface area contributed by atoms with Gasteiger partial charge < -0.3 is 10.6 Å². The molecule has 0 unspecified atom stereocenters. The van der Waals surface area contributed by atoms with Crippen LogP contribution >= 0.6 is 11.6 Å². The minimum Gasteiger partial charge on any atom is -0.330 e. The molecule has 2 nitrogen and oxygen atoms in total. The Morgan fingerprint density at radius 1 is 1.38 bits per heavy atom. The minimum absolute atomic E-state index is 0.236. The molecule has 2 N–H and O–H groups in total. The fraction of sp³-hybridized carbons (Fsp3) is 0.538. The van der Waals surface area contributed by atoms with Crippen LogP contribution in [-0.4, -0.2) is 25.5 Å². The first kappa shape index (κ1) is 11.9. The van der Waals surface area contributed by atoms with E-state index in [0.717, 1.165) is 18.1 Å². The van der Waals surface area contributed by atoms with Crippen molar-refractivity contribution in [3.63, 3.8) is 0 Å². The fourth-order valence-electron chi connectivity index (χ4n) is 2.11. The van der Waals surface area contributed by atoms with Crippen molar-refractivity contribution in [1.82, 2.24) is 4.90 Å². The van der Waals surface area contributed by atoms with Crippen molar-refractivity contribution in [2.75, 3.05) is 20.6 Å². The van der Waals surface area contributed by atoms with Gasteiger partial charge in [-0.05, 0) is 44.1 Å². The molecule has 0 spiro atoms. The topological polar surface area (TPSA) is 29.3 Å². The first-order valence-corrected chi connectivity index (χ1v) is 6.09. The van der Waals surface area contributed by atoms with E-state index in [2.05, 4.69) is 23.1 Å². The molecule has 0 aliphatic heterocycles. The van der Waals surface area contributed by atoms with E-state index in [1.54, 1.807) is 0 Å². The lowest BCUT2D eigenvalue weighted by molar-refractivity contribution is 0.402. The van der Waals surface area contributed by atoms with Gasteiger partial charge in [0.1, 0.15) is 0 Å². The lowest BCUT2D eigenvalue weighted by Gasteiger charge is -2.16. The second kappa shape index (κ2) is 4.36. The molecular weight excluding hydrogens is 220 g/mol. The Bertz CT molecular complexity index is 384. The summed E-state index contributed by atoms with van der Waals surface area (Å²) in [5.41, 5.74) is 8.55. The fourth-order valence-corrected chi connectivity index (χ4v) is 2.35. The smallest absolute Gasteiger partial charge is 0.0453 e. The Balaban J connectivity index is 2.23. The lowest BCUT2D eigenvalue weighted by Crippen LogP contribution is -2.20. The Labute approximate surface area is 102 Å². The largest absolute Gasteiger partial charge is 0.330 e. The van der Waals surface area contributed by atoms with Crippen molar-refractivity contribution in [1.29, 1.82) is 0 Å². The first-order chi connectivity index (χ1) is 7.57. The van der Waals surface area contributed by atoms with E-state index in [0.29, 0.717) is 0 Å². The number of benzene rings is 1. The summed E-state index contributed by atoms with van der Waals surface area (Å²) < 4.78 is 0. The second-order valence-corrected chi connectivity index (χ2v) is 5.44. The van der Waals surface area contributed by atoms with Gasteiger partial charge in [0.2, 0.25) is 0 Å². The third-order valence-corrected chi connectivity index (χ3v) is 3.75. The summed E-state index contributed by atoms with van der Waals surface area (Å²) in [5.74, 6) is 0. The summed E-state index contributed by atoms with van der Waals surface area (Å²) in [6, 6.07) is 6.41. The van der Waals surface area contributed by atoms with Crippen LogP contribution in [0.15, 0.2) is 18.2 Å². The predicted molar refractivity (Wildman–Crippen MR) is 68.8 cm³/mol. The third kappa shape index (κ3) is 2.24. The SMILES string of the molecule is CN(C)Cc1ccc(C2(CN)CC2)cc1Cl. The van der Waals surface area contributed by atoms with Crippen molar-refractivity contribution in [3.8, 4) is 0 Å². The van der Waals surface area contributed by atoms with E-state index in [1.807, 2.05) is 14.1 Å². The molecule has 2 rings (SSSR count). The summed E-state index contributed by atoms with van der Waals surface area (Å²) in [6.45, 7) is 1.62. The van der Waals surface area contributed by atoms with E-state index in [-0.39, 0.29) is 5.41 Å². The maximum absolute atomic E-state index is 6.30. The van der Waals surface area contributed by atoms with Crippen molar-refractivity contribution < 1.29 is 0 Å². The molecule has 0 amide bonds. The highest BCUT2D eigenvalue weighted by Gasteiger charge is 2.42. The molecule has 0 atom stereocenters. The van der Waals surface area contributed by atoms with E-state index >= 15 is 0 Å². The Morgan fingerprint density at radius 2 is 2.06 bits per heavy atom. The van der Waals surface area contributed by atoms with Crippen LogP contribution in [0.25, 0.3) is 0 Å². The Hall–Kier alpha value is -0.570. The van der Waals surface area contributed by atoms with Gasteiger partial charge in [-0.25, -0.2) is 0 Å². The number of hydrogen-bond donors (Lipinski definition) is 1. The molecule has 1 saturated carbocycles. The molecule has 16 heavy (non-hydrogen) atoms. The summed E-state index contributed by atoms with van der Waals surface area (Å²) in [4.78, 5) is 2.12. The van der Waals surface area contributed by atoms with Crippen molar-refractivity contribution in [2.24, 2.45) is 5.73 Å². The zero-order valence-corrected chi connectivity index (χ0v) is 10.7. The Kier molecular flexibility index (Phi) is 3.24. The summed E-state index contributed by atoms with van der Waals surface area (Å²) in [6.07, 6.45) is 2.40. The number of halogens is 1. The molecule has 88 valence electrons. The second-order valence-electron chi connectivity index (χ2n) is 5.03. The van der Waals surface area contributed by atoms with Crippen LogP contribution in [0, 0.1) is 0 Å². The normalized spacial score (nSPS) is 17.8. The molecule has 0 aromatic heterocycles. The van der Waals surface area contributed by atoms with Gasteiger partial charge in [0, 0.05) is 23.5 Å². The third-order valence-electron chi connectivity index (χ3n) is 3.40. The zero-order valence-electron chi connectivity index (χ0n) is 9.96. The van der Waals surface area contributed by atoms with Crippen LogP contribution in [0.3, 0.4) is 0 Å². The average Bonchev–Trinajstić information content (AvgIpc) is 3.01. The lowest BCUT2D eigenvalue weighted by atomic mass is 9.95. The highest BCUT2D eigenvalue weighted by atomic mass is 35.5. The van der Waals surface area contributed by atoms with E-state index < -0.39 is 0 Å². The van der Waals surface area contributed by atoms with E-state index in [4.69, 9.17) is 17.3 Å². The molecule has 0 bridgehead atoms. The summed E-state index contributed by atoms with van der Waals surface area (Å²) in [5, 5.41) is 0.867. The highest BCUT2D eigenvalue weighted by Crippen LogP contribution is 2.47. The van der Waals surface area contributed by atoms with E-state index in [1.165, 1.54) is 24.0 Å². The van der Waals surface area contributed by atoms with Gasteiger partial charge in [-0.1, -0.05) is 23.7 Å². The van der Waals surface area contributed by atoms with Crippen LogP contribution < -0.4 is 5.73 Å². The van der Waals surface area contributed by atoms with Gasteiger partial charge in [0.05, 0.1) is 0 Å². The number of nitrogens with two attached hydrogens (primary N) is 1. The van der Waals surface area contributed by atoms with Crippen molar-refractivity contribution in [2.45, 2.75) is 24.8 Å². The van der Waals surface area contributed by atoms with Crippen LogP contribution in [0.4, 0.5) is 0 Å². The molecule has 0 heterocycles. The van der Waals surface area contributed by atoms with Crippen LogP contribution in [0.2, 0.25) is 5.02 Å². The van der Waals surface area contributed by atoms with Crippen LogP contribution in [-0.2, 0) is 12.0 Å². The van der Waals surface area contributed by atoms with Gasteiger partial charge >= 0.3 is 0 Å². The maximum Gasteiger partial charge on any atom is 0.0453 e. The minimum atomic E-state index is 0.236. The quantitative estimate of drug-likeness (QED) is 0.873. The van der Waals surface area contributed by atoms with Crippen LogP contribution in [0.5, 0.6) is 0 Å². The monoisotopic (exact) mass is 238 g/mol.